The molecule has 3 heteroatoms. The summed E-state index contributed by atoms with van der Waals surface area (Å²) >= 11 is 0. The first-order chi connectivity index (χ1) is 6.59. The molecule has 1 saturated carbocycles. The van der Waals surface area contributed by atoms with E-state index in [9.17, 15) is 13.6 Å². The maximum atomic E-state index is 13.4. The van der Waals surface area contributed by atoms with Gasteiger partial charge in [0.15, 0.2) is 0 Å². The maximum Gasteiger partial charge on any atom is 0.130 e. The molecular formula is C11H10F2O. The summed E-state index contributed by atoms with van der Waals surface area (Å²) in [4.78, 5) is 10.7. The van der Waals surface area contributed by atoms with E-state index in [1.54, 1.807) is 0 Å². The van der Waals surface area contributed by atoms with Crippen molar-refractivity contribution in [2.75, 3.05) is 0 Å². The fourth-order valence-corrected chi connectivity index (χ4v) is 1.61. The molecule has 74 valence electrons. The molecule has 0 N–H and O–H groups in total. The highest BCUT2D eigenvalue weighted by Gasteiger charge is 2.46. The van der Waals surface area contributed by atoms with Crippen LogP contribution in [0.3, 0.4) is 0 Å². The topological polar surface area (TPSA) is 17.1 Å². The quantitative estimate of drug-likeness (QED) is 0.664. The van der Waals surface area contributed by atoms with Crippen molar-refractivity contribution in [3.8, 4) is 0 Å². The van der Waals surface area contributed by atoms with E-state index in [1.165, 1.54) is 6.92 Å². The highest BCUT2D eigenvalue weighted by Crippen LogP contribution is 2.47. The summed E-state index contributed by atoms with van der Waals surface area (Å²) in [5.74, 6) is -0.928. The Morgan fingerprint density at radius 3 is 2.43 bits per heavy atom. The largest absolute Gasteiger partial charge is 0.302 e. The van der Waals surface area contributed by atoms with E-state index < -0.39 is 17.0 Å². The zero-order valence-electron chi connectivity index (χ0n) is 7.81. The van der Waals surface area contributed by atoms with Crippen LogP contribution in [0.1, 0.15) is 24.0 Å². The van der Waals surface area contributed by atoms with Crippen LogP contribution in [0, 0.1) is 18.6 Å². The van der Waals surface area contributed by atoms with Gasteiger partial charge in [0, 0.05) is 5.56 Å². The lowest BCUT2D eigenvalue weighted by Gasteiger charge is -2.10. The molecule has 0 radical (unpaired) electrons. The van der Waals surface area contributed by atoms with Gasteiger partial charge in [0.05, 0.1) is 5.41 Å². The molecule has 1 aliphatic rings. The number of rotatable bonds is 2. The van der Waals surface area contributed by atoms with Gasteiger partial charge in [-0.05, 0) is 37.5 Å². The van der Waals surface area contributed by atoms with Crippen LogP contribution in [0.4, 0.5) is 8.78 Å². The molecule has 0 saturated heterocycles. The Balaban J connectivity index is 2.54. The van der Waals surface area contributed by atoms with Gasteiger partial charge in [-0.25, -0.2) is 8.78 Å². The summed E-state index contributed by atoms with van der Waals surface area (Å²) in [6.07, 6.45) is 1.96. The second kappa shape index (κ2) is 2.87. The average Bonchev–Trinajstić information content (AvgIpc) is 2.92. The minimum absolute atomic E-state index is 0.204. The zero-order valence-corrected chi connectivity index (χ0v) is 7.81. The summed E-state index contributed by atoms with van der Waals surface area (Å²) in [5, 5.41) is 0. The number of carbonyl (C=O) groups is 1. The number of halogens is 2. The van der Waals surface area contributed by atoms with Crippen molar-refractivity contribution < 1.29 is 13.6 Å². The predicted molar refractivity (Wildman–Crippen MR) is 48.1 cm³/mol. The molecule has 0 aromatic heterocycles. The molecular weight excluding hydrogens is 186 g/mol. The summed E-state index contributed by atoms with van der Waals surface area (Å²) in [6.45, 7) is 1.50. The van der Waals surface area contributed by atoms with Gasteiger partial charge in [0.25, 0.3) is 0 Å². The maximum absolute atomic E-state index is 13.4. The SMILES string of the molecule is Cc1cc(F)c(C2(C=O)CC2)cc1F. The lowest BCUT2D eigenvalue weighted by atomic mass is 9.96. The molecule has 1 aromatic carbocycles. The second-order valence-corrected chi connectivity index (χ2v) is 3.86. The Morgan fingerprint density at radius 2 is 1.93 bits per heavy atom. The van der Waals surface area contributed by atoms with E-state index in [4.69, 9.17) is 0 Å². The summed E-state index contributed by atoms with van der Waals surface area (Å²) < 4.78 is 26.6. The van der Waals surface area contributed by atoms with E-state index in [0.717, 1.165) is 18.4 Å². The minimum Gasteiger partial charge on any atom is -0.302 e. The van der Waals surface area contributed by atoms with Gasteiger partial charge in [-0.2, -0.15) is 0 Å². The Labute approximate surface area is 80.7 Å². The molecule has 0 spiro atoms. The first kappa shape index (κ1) is 9.31. The van der Waals surface area contributed by atoms with E-state index in [1.807, 2.05) is 0 Å². The number of hydrogen-bond acceptors (Lipinski definition) is 1. The summed E-state index contributed by atoms with van der Waals surface area (Å²) in [5.41, 5.74) is -0.262. The molecule has 1 nitrogen and oxygen atoms in total. The molecule has 0 atom stereocenters. The van der Waals surface area contributed by atoms with Gasteiger partial charge < -0.3 is 4.79 Å². The monoisotopic (exact) mass is 196 g/mol. The third-order valence-electron chi connectivity index (χ3n) is 2.80. The third kappa shape index (κ3) is 1.24. The lowest BCUT2D eigenvalue weighted by molar-refractivity contribution is -0.109. The fraction of sp³-hybridized carbons (Fsp3) is 0.364. The van der Waals surface area contributed by atoms with Crippen LogP contribution in [0.2, 0.25) is 0 Å². The number of aryl methyl sites for hydroxylation is 1. The van der Waals surface area contributed by atoms with Gasteiger partial charge in [-0.3, -0.25) is 0 Å². The zero-order chi connectivity index (χ0) is 10.3. The van der Waals surface area contributed by atoms with E-state index in [2.05, 4.69) is 0 Å². The van der Waals surface area contributed by atoms with Crippen LogP contribution < -0.4 is 0 Å². The van der Waals surface area contributed by atoms with Gasteiger partial charge in [-0.15, -0.1) is 0 Å². The minimum atomic E-state index is -0.737. The smallest absolute Gasteiger partial charge is 0.130 e. The normalized spacial score (nSPS) is 17.9. The van der Waals surface area contributed by atoms with Gasteiger partial charge >= 0.3 is 0 Å². The molecule has 0 amide bonds. The molecule has 0 unspecified atom stereocenters. The Morgan fingerprint density at radius 1 is 1.29 bits per heavy atom. The van der Waals surface area contributed by atoms with Crippen LogP contribution in [0.5, 0.6) is 0 Å². The third-order valence-corrected chi connectivity index (χ3v) is 2.80. The molecule has 2 rings (SSSR count). The molecule has 0 bridgehead atoms. The second-order valence-electron chi connectivity index (χ2n) is 3.86. The predicted octanol–water partition coefficient (Wildman–Crippen LogP) is 2.50. The summed E-state index contributed by atoms with van der Waals surface area (Å²) in [7, 11) is 0. The summed E-state index contributed by atoms with van der Waals surface area (Å²) in [6, 6.07) is 2.29. The van der Waals surface area contributed by atoms with Crippen LogP contribution in [0.15, 0.2) is 12.1 Å². The fourth-order valence-electron chi connectivity index (χ4n) is 1.61. The molecule has 0 aliphatic heterocycles. The molecule has 0 heterocycles. The first-order valence-electron chi connectivity index (χ1n) is 4.51. The number of aldehydes is 1. The molecule has 1 fully saturated rings. The van der Waals surface area contributed by atoms with Crippen molar-refractivity contribution in [3.63, 3.8) is 0 Å². The van der Waals surface area contributed by atoms with E-state index in [0.29, 0.717) is 12.8 Å². The lowest BCUT2D eigenvalue weighted by Crippen LogP contribution is -2.11. The van der Waals surface area contributed by atoms with Gasteiger partial charge in [0.2, 0.25) is 0 Å². The number of hydrogen-bond donors (Lipinski definition) is 0. The van der Waals surface area contributed by atoms with Gasteiger partial charge in [0.1, 0.15) is 17.9 Å². The first-order valence-corrected chi connectivity index (χ1v) is 4.51. The van der Waals surface area contributed by atoms with Crippen molar-refractivity contribution in [1.82, 2.24) is 0 Å². The van der Waals surface area contributed by atoms with Crippen LogP contribution in [-0.2, 0) is 10.2 Å². The van der Waals surface area contributed by atoms with Crippen molar-refractivity contribution in [3.05, 3.63) is 34.9 Å². The molecule has 1 aromatic rings. The number of carbonyl (C=O) groups excluding carboxylic acids is 1. The van der Waals surface area contributed by atoms with Crippen LogP contribution in [-0.4, -0.2) is 6.29 Å². The molecule has 14 heavy (non-hydrogen) atoms. The van der Waals surface area contributed by atoms with Crippen molar-refractivity contribution >= 4 is 6.29 Å². The average molecular weight is 196 g/mol. The van der Waals surface area contributed by atoms with E-state index in [-0.39, 0.29) is 11.1 Å². The standard InChI is InChI=1S/C11H10F2O/c1-7-4-10(13)8(5-9(7)12)11(6-14)2-3-11/h4-6H,2-3H2,1H3. The van der Waals surface area contributed by atoms with Gasteiger partial charge in [-0.1, -0.05) is 0 Å². The Hall–Kier alpha value is -1.25. The van der Waals surface area contributed by atoms with Crippen LogP contribution in [0.25, 0.3) is 0 Å². The highest BCUT2D eigenvalue weighted by atomic mass is 19.1. The van der Waals surface area contributed by atoms with Crippen molar-refractivity contribution in [2.45, 2.75) is 25.2 Å². The highest BCUT2D eigenvalue weighted by molar-refractivity contribution is 5.73. The van der Waals surface area contributed by atoms with E-state index >= 15 is 0 Å². The van der Waals surface area contributed by atoms with Crippen molar-refractivity contribution in [2.24, 2.45) is 0 Å². The Bertz CT molecular complexity index is 395. The van der Waals surface area contributed by atoms with Crippen LogP contribution >= 0.6 is 0 Å². The van der Waals surface area contributed by atoms with Crippen molar-refractivity contribution in [1.29, 1.82) is 0 Å². The molecule has 1 aliphatic carbocycles. The Kier molecular flexibility index (Phi) is 1.91. The number of benzene rings is 1.